The maximum Gasteiger partial charge on any atom is 0.345 e. The van der Waals surface area contributed by atoms with E-state index in [1.165, 1.54) is 18.4 Å². The zero-order chi connectivity index (χ0) is 27.1. The molecule has 2 heterocycles. The van der Waals surface area contributed by atoms with Crippen LogP contribution in [0.1, 0.15) is 18.4 Å². The van der Waals surface area contributed by atoms with Gasteiger partial charge in [-0.2, -0.15) is 0 Å². The van der Waals surface area contributed by atoms with Gasteiger partial charge in [0.15, 0.2) is 28.0 Å². The van der Waals surface area contributed by atoms with E-state index in [0.29, 0.717) is 52.0 Å². The normalized spacial score (nSPS) is 10.7. The van der Waals surface area contributed by atoms with E-state index >= 15 is 0 Å². The number of para-hydroxylation sites is 1. The van der Waals surface area contributed by atoms with Crippen molar-refractivity contribution in [2.24, 2.45) is 0 Å². The summed E-state index contributed by atoms with van der Waals surface area (Å²) in [7, 11) is 4.64. The van der Waals surface area contributed by atoms with Gasteiger partial charge in [-0.1, -0.05) is 18.2 Å². The SMILES string of the molecule is COc1ccc(CCNC(=O)CCC(=O)Nc2nc(-c3cc4cccc(OC)c4oc3=O)cs2)cc1OC. The molecule has 4 rings (SSSR count). The first-order chi connectivity index (χ1) is 18.4. The number of rotatable bonds is 11. The molecule has 0 aliphatic heterocycles. The lowest BCUT2D eigenvalue weighted by molar-refractivity contribution is -0.124. The summed E-state index contributed by atoms with van der Waals surface area (Å²) in [4.78, 5) is 41.4. The molecule has 2 aromatic heterocycles. The third-order valence-corrected chi connectivity index (χ3v) is 6.49. The summed E-state index contributed by atoms with van der Waals surface area (Å²) < 4.78 is 21.2. The molecule has 0 aliphatic rings. The Morgan fingerprint density at radius 1 is 0.947 bits per heavy atom. The minimum atomic E-state index is -0.560. The van der Waals surface area contributed by atoms with Crippen molar-refractivity contribution in [1.29, 1.82) is 0 Å². The second-order valence-electron chi connectivity index (χ2n) is 8.20. The number of fused-ring (bicyclic) bond motifs is 1. The average Bonchev–Trinajstić information content (AvgIpc) is 3.39. The van der Waals surface area contributed by atoms with Gasteiger partial charge in [-0.15, -0.1) is 11.3 Å². The summed E-state index contributed by atoms with van der Waals surface area (Å²) >= 11 is 1.18. The van der Waals surface area contributed by atoms with E-state index in [-0.39, 0.29) is 30.2 Å². The number of ether oxygens (including phenoxy) is 3. The van der Waals surface area contributed by atoms with Crippen molar-refractivity contribution in [2.45, 2.75) is 19.3 Å². The number of benzene rings is 2. The molecular formula is C27H27N3O7S. The number of amides is 2. The lowest BCUT2D eigenvalue weighted by Gasteiger charge is -2.10. The van der Waals surface area contributed by atoms with Gasteiger partial charge in [0.1, 0.15) is 0 Å². The first kappa shape index (κ1) is 26.7. The molecule has 0 atom stereocenters. The summed E-state index contributed by atoms with van der Waals surface area (Å²) in [6.07, 6.45) is 0.636. The van der Waals surface area contributed by atoms with Crippen molar-refractivity contribution < 1.29 is 28.2 Å². The topological polar surface area (TPSA) is 129 Å². The highest BCUT2D eigenvalue weighted by atomic mass is 32.1. The van der Waals surface area contributed by atoms with Crippen LogP contribution in [-0.4, -0.2) is 44.7 Å². The molecule has 0 saturated heterocycles. The fourth-order valence-corrected chi connectivity index (χ4v) is 4.52. The van der Waals surface area contributed by atoms with Crippen LogP contribution in [0.25, 0.3) is 22.2 Å². The van der Waals surface area contributed by atoms with Gasteiger partial charge in [0, 0.05) is 30.2 Å². The fraction of sp³-hybridized carbons (Fsp3) is 0.259. The number of nitrogens with zero attached hydrogens (tertiary/aromatic N) is 1. The number of methoxy groups -OCH3 is 3. The van der Waals surface area contributed by atoms with E-state index in [9.17, 15) is 14.4 Å². The second kappa shape index (κ2) is 12.2. The van der Waals surface area contributed by atoms with Gasteiger partial charge in [-0.05, 0) is 36.2 Å². The average molecular weight is 538 g/mol. The van der Waals surface area contributed by atoms with Crippen molar-refractivity contribution in [3.05, 3.63) is 63.8 Å². The highest BCUT2D eigenvalue weighted by Gasteiger charge is 2.15. The molecule has 0 spiro atoms. The molecule has 198 valence electrons. The molecular weight excluding hydrogens is 510 g/mol. The van der Waals surface area contributed by atoms with E-state index in [2.05, 4.69) is 15.6 Å². The molecule has 2 N–H and O–H groups in total. The molecule has 0 aliphatic carbocycles. The highest BCUT2D eigenvalue weighted by molar-refractivity contribution is 7.14. The lowest BCUT2D eigenvalue weighted by Crippen LogP contribution is -2.26. The highest BCUT2D eigenvalue weighted by Crippen LogP contribution is 2.29. The second-order valence-corrected chi connectivity index (χ2v) is 9.06. The van der Waals surface area contributed by atoms with Crippen molar-refractivity contribution in [1.82, 2.24) is 10.3 Å². The minimum Gasteiger partial charge on any atom is -0.493 e. The van der Waals surface area contributed by atoms with Gasteiger partial charge in [0.25, 0.3) is 0 Å². The fourth-order valence-electron chi connectivity index (χ4n) is 3.79. The van der Waals surface area contributed by atoms with E-state index in [1.807, 2.05) is 18.2 Å². The molecule has 11 heteroatoms. The quantitative estimate of drug-likeness (QED) is 0.275. The molecule has 2 amide bonds. The van der Waals surface area contributed by atoms with E-state index in [4.69, 9.17) is 18.6 Å². The Labute approximate surface area is 222 Å². The van der Waals surface area contributed by atoms with Crippen molar-refractivity contribution in [3.63, 3.8) is 0 Å². The third-order valence-electron chi connectivity index (χ3n) is 5.73. The van der Waals surface area contributed by atoms with E-state index in [1.54, 1.807) is 43.9 Å². The zero-order valence-corrected chi connectivity index (χ0v) is 22.0. The number of hydrogen-bond donors (Lipinski definition) is 2. The first-order valence-electron chi connectivity index (χ1n) is 11.8. The molecule has 2 aromatic carbocycles. The monoisotopic (exact) mass is 537 g/mol. The smallest absolute Gasteiger partial charge is 0.345 e. The van der Waals surface area contributed by atoms with Gasteiger partial charge < -0.3 is 29.3 Å². The Bertz CT molecular complexity index is 1510. The van der Waals surface area contributed by atoms with Gasteiger partial charge in [-0.25, -0.2) is 9.78 Å². The first-order valence-corrected chi connectivity index (χ1v) is 12.6. The van der Waals surface area contributed by atoms with Crippen molar-refractivity contribution in [2.75, 3.05) is 33.2 Å². The van der Waals surface area contributed by atoms with Gasteiger partial charge in [0.05, 0.1) is 32.6 Å². The van der Waals surface area contributed by atoms with Crippen LogP contribution in [-0.2, 0) is 16.0 Å². The predicted molar refractivity (Wildman–Crippen MR) is 144 cm³/mol. The predicted octanol–water partition coefficient (Wildman–Crippen LogP) is 4.02. The Hall–Kier alpha value is -4.38. The van der Waals surface area contributed by atoms with Crippen LogP contribution in [0.5, 0.6) is 17.2 Å². The number of carbonyl (C=O) groups is 2. The largest absolute Gasteiger partial charge is 0.493 e. The van der Waals surface area contributed by atoms with Crippen LogP contribution in [0.4, 0.5) is 5.13 Å². The molecule has 10 nitrogen and oxygen atoms in total. The van der Waals surface area contributed by atoms with Gasteiger partial charge >= 0.3 is 5.63 Å². The summed E-state index contributed by atoms with van der Waals surface area (Å²) in [6, 6.07) is 12.6. The molecule has 4 aromatic rings. The number of aromatic nitrogens is 1. The maximum atomic E-state index is 12.5. The minimum absolute atomic E-state index is 0.00495. The van der Waals surface area contributed by atoms with Gasteiger partial charge in [-0.3, -0.25) is 9.59 Å². The molecule has 0 saturated carbocycles. The Morgan fingerprint density at radius 3 is 2.47 bits per heavy atom. The Kier molecular flexibility index (Phi) is 8.59. The van der Waals surface area contributed by atoms with Gasteiger partial charge in [0.2, 0.25) is 11.8 Å². The summed E-state index contributed by atoms with van der Waals surface area (Å²) in [6.45, 7) is 0.423. The lowest BCUT2D eigenvalue weighted by atomic mass is 10.1. The van der Waals surface area contributed by atoms with Crippen LogP contribution < -0.4 is 30.5 Å². The molecule has 38 heavy (non-hydrogen) atoms. The molecule has 0 unspecified atom stereocenters. The Balaban J connectivity index is 1.27. The number of hydrogen-bond acceptors (Lipinski definition) is 9. The molecule has 0 radical (unpaired) electrons. The standard InChI is InChI=1S/C27H27N3O7S/c1-34-20-8-7-16(13-22(20)36-3)11-12-28-23(31)9-10-24(32)30-27-29-19(15-38-27)18-14-17-5-4-6-21(35-2)25(17)37-26(18)33/h4-8,13-15H,9-12H2,1-3H3,(H,28,31)(H,29,30,32). The number of thiazole rings is 1. The number of carbonyl (C=O) groups excluding carboxylic acids is 2. The van der Waals surface area contributed by atoms with Crippen LogP contribution >= 0.6 is 11.3 Å². The summed E-state index contributed by atoms with van der Waals surface area (Å²) in [5.41, 5.74) is 1.44. The molecule has 0 fully saturated rings. The van der Waals surface area contributed by atoms with Crippen LogP contribution in [0, 0.1) is 0 Å². The zero-order valence-electron chi connectivity index (χ0n) is 21.2. The van der Waals surface area contributed by atoms with Crippen LogP contribution in [0.15, 0.2) is 57.1 Å². The van der Waals surface area contributed by atoms with Crippen molar-refractivity contribution >= 4 is 39.3 Å². The number of nitrogens with one attached hydrogen (secondary N) is 2. The van der Waals surface area contributed by atoms with E-state index in [0.717, 1.165) is 5.56 Å². The third kappa shape index (κ3) is 6.30. The van der Waals surface area contributed by atoms with E-state index < -0.39 is 5.63 Å². The summed E-state index contributed by atoms with van der Waals surface area (Å²) in [5.74, 6) is 1.14. The number of anilines is 1. The maximum absolute atomic E-state index is 12.5. The Morgan fingerprint density at radius 2 is 1.71 bits per heavy atom. The molecule has 0 bridgehead atoms. The van der Waals surface area contributed by atoms with Crippen LogP contribution in [0.2, 0.25) is 0 Å². The van der Waals surface area contributed by atoms with Crippen molar-refractivity contribution in [3.8, 4) is 28.5 Å². The summed E-state index contributed by atoms with van der Waals surface area (Å²) in [5, 5.41) is 8.16. The van der Waals surface area contributed by atoms with Crippen LogP contribution in [0.3, 0.4) is 0 Å².